The Bertz CT molecular complexity index is 405. The summed E-state index contributed by atoms with van der Waals surface area (Å²) in [6, 6.07) is 10.0. The van der Waals surface area contributed by atoms with Gasteiger partial charge in [0.05, 0.1) is 11.8 Å². The number of hydrogen-bond donors (Lipinski definition) is 1. The molecule has 1 N–H and O–H groups in total. The first kappa shape index (κ1) is 11.8. The lowest BCUT2D eigenvalue weighted by Crippen LogP contribution is -2.46. The number of nitrogens with one attached hydrogen (secondary N) is 1. The smallest absolute Gasteiger partial charge is 0.140 e. The lowest BCUT2D eigenvalue weighted by atomic mass is 9.70. The van der Waals surface area contributed by atoms with Gasteiger partial charge in [-0.05, 0) is 25.3 Å². The van der Waals surface area contributed by atoms with E-state index in [4.69, 9.17) is 5.41 Å². The summed E-state index contributed by atoms with van der Waals surface area (Å²) in [5.74, 6) is 0.244. The Labute approximate surface area is 102 Å². The second kappa shape index (κ2) is 4.70. The van der Waals surface area contributed by atoms with E-state index in [9.17, 15) is 4.79 Å². The molecule has 0 unspecified atom stereocenters. The lowest BCUT2D eigenvalue weighted by Gasteiger charge is -2.39. The molecule has 0 radical (unpaired) electrons. The van der Waals surface area contributed by atoms with E-state index in [-0.39, 0.29) is 11.2 Å². The summed E-state index contributed by atoms with van der Waals surface area (Å²) in [4.78, 5) is 14.0. The molecule has 1 aliphatic rings. The number of benzene rings is 1. The summed E-state index contributed by atoms with van der Waals surface area (Å²) >= 11 is 0. The van der Waals surface area contributed by atoms with E-state index in [0.717, 1.165) is 31.5 Å². The Morgan fingerprint density at radius 1 is 1.29 bits per heavy atom. The average Bonchev–Trinajstić information content (AvgIpc) is 2.39. The molecule has 0 bridgehead atoms. The van der Waals surface area contributed by atoms with Gasteiger partial charge in [-0.2, -0.15) is 0 Å². The van der Waals surface area contributed by atoms with Crippen molar-refractivity contribution in [3.8, 4) is 0 Å². The van der Waals surface area contributed by atoms with Crippen LogP contribution >= 0.6 is 0 Å². The van der Waals surface area contributed by atoms with Gasteiger partial charge in [-0.3, -0.25) is 10.2 Å². The highest BCUT2D eigenvalue weighted by Gasteiger charge is 2.39. The molecule has 0 spiro atoms. The van der Waals surface area contributed by atoms with Gasteiger partial charge in [0.15, 0.2) is 0 Å². The van der Waals surface area contributed by atoms with Crippen LogP contribution in [0.2, 0.25) is 0 Å². The van der Waals surface area contributed by atoms with E-state index >= 15 is 0 Å². The van der Waals surface area contributed by atoms with Crippen LogP contribution in [0.15, 0.2) is 30.3 Å². The van der Waals surface area contributed by atoms with Gasteiger partial charge >= 0.3 is 0 Å². The van der Waals surface area contributed by atoms with Gasteiger partial charge in [0.2, 0.25) is 0 Å². The third kappa shape index (κ3) is 2.09. The Morgan fingerprint density at radius 3 is 2.35 bits per heavy atom. The van der Waals surface area contributed by atoms with Crippen molar-refractivity contribution in [2.24, 2.45) is 0 Å². The summed E-state index contributed by atoms with van der Waals surface area (Å²) in [5.41, 5.74) is 0.790. The van der Waals surface area contributed by atoms with Gasteiger partial charge < -0.3 is 4.90 Å². The number of rotatable bonds is 3. The van der Waals surface area contributed by atoms with Gasteiger partial charge in [-0.15, -0.1) is 0 Å². The number of hydrogen-bond acceptors (Lipinski definition) is 2. The fourth-order valence-corrected chi connectivity index (χ4v) is 2.64. The van der Waals surface area contributed by atoms with Crippen LogP contribution in [-0.2, 0) is 10.2 Å². The maximum absolute atomic E-state index is 12.0. The maximum Gasteiger partial charge on any atom is 0.140 e. The number of ketones is 1. The molecule has 3 heteroatoms. The summed E-state index contributed by atoms with van der Waals surface area (Å²) in [7, 11) is 0. The zero-order chi connectivity index (χ0) is 12.3. The van der Waals surface area contributed by atoms with E-state index in [1.54, 1.807) is 6.92 Å². The van der Waals surface area contributed by atoms with Crippen molar-refractivity contribution in [2.45, 2.75) is 25.2 Å². The van der Waals surface area contributed by atoms with Crippen LogP contribution in [0, 0.1) is 5.41 Å². The minimum absolute atomic E-state index is 0.244. The molecular formula is C14H18N2O. The first-order valence-corrected chi connectivity index (χ1v) is 6.00. The zero-order valence-corrected chi connectivity index (χ0v) is 10.1. The molecule has 1 heterocycles. The first-order chi connectivity index (χ1) is 8.19. The van der Waals surface area contributed by atoms with Crippen molar-refractivity contribution in [1.82, 2.24) is 4.90 Å². The molecule has 0 amide bonds. The molecule has 1 saturated heterocycles. The van der Waals surface area contributed by atoms with Crippen molar-refractivity contribution in [3.05, 3.63) is 35.9 Å². The van der Waals surface area contributed by atoms with Crippen LogP contribution < -0.4 is 0 Å². The average molecular weight is 230 g/mol. The number of carbonyl (C=O) groups is 1. The quantitative estimate of drug-likeness (QED) is 0.639. The molecule has 2 rings (SSSR count). The van der Waals surface area contributed by atoms with Crippen molar-refractivity contribution in [1.29, 1.82) is 5.41 Å². The molecule has 1 fully saturated rings. The molecule has 0 atom stereocenters. The van der Waals surface area contributed by atoms with Crippen LogP contribution in [0.25, 0.3) is 0 Å². The predicted molar refractivity (Wildman–Crippen MR) is 68.4 cm³/mol. The van der Waals surface area contributed by atoms with Crippen molar-refractivity contribution in [3.63, 3.8) is 0 Å². The van der Waals surface area contributed by atoms with Gasteiger partial charge in [-0.1, -0.05) is 30.3 Å². The Kier molecular flexibility index (Phi) is 3.27. The largest absolute Gasteiger partial charge is 0.363 e. The highest BCUT2D eigenvalue weighted by molar-refractivity contribution is 5.88. The van der Waals surface area contributed by atoms with Crippen LogP contribution in [0.4, 0.5) is 0 Å². The molecule has 0 aromatic heterocycles. The van der Waals surface area contributed by atoms with Crippen molar-refractivity contribution < 1.29 is 4.79 Å². The summed E-state index contributed by atoms with van der Waals surface area (Å²) < 4.78 is 0. The Morgan fingerprint density at radius 2 is 1.88 bits per heavy atom. The highest BCUT2D eigenvalue weighted by Crippen LogP contribution is 2.36. The zero-order valence-electron chi connectivity index (χ0n) is 10.1. The molecule has 0 saturated carbocycles. The molecule has 1 aliphatic heterocycles. The van der Waals surface area contributed by atoms with Gasteiger partial charge in [0.1, 0.15) is 5.78 Å². The van der Waals surface area contributed by atoms with Crippen LogP contribution in [-0.4, -0.2) is 30.1 Å². The fraction of sp³-hybridized carbons (Fsp3) is 0.429. The monoisotopic (exact) mass is 230 g/mol. The fourth-order valence-electron chi connectivity index (χ4n) is 2.64. The van der Waals surface area contributed by atoms with E-state index in [1.807, 2.05) is 35.2 Å². The molecule has 1 aromatic rings. The highest BCUT2D eigenvalue weighted by atomic mass is 16.1. The lowest BCUT2D eigenvalue weighted by molar-refractivity contribution is -0.123. The third-order valence-electron chi connectivity index (χ3n) is 3.83. The van der Waals surface area contributed by atoms with E-state index in [0.29, 0.717) is 0 Å². The second-order valence-corrected chi connectivity index (χ2v) is 4.67. The van der Waals surface area contributed by atoms with E-state index in [1.165, 1.54) is 6.34 Å². The van der Waals surface area contributed by atoms with Gasteiger partial charge in [0.25, 0.3) is 0 Å². The van der Waals surface area contributed by atoms with Crippen LogP contribution in [0.1, 0.15) is 25.3 Å². The minimum Gasteiger partial charge on any atom is -0.363 e. The number of Topliss-reactive ketones (excluding diaryl/α,β-unsaturated/α-hetero) is 1. The second-order valence-electron chi connectivity index (χ2n) is 4.67. The van der Waals surface area contributed by atoms with Crippen LogP contribution in [0.5, 0.6) is 0 Å². The molecular weight excluding hydrogens is 212 g/mol. The van der Waals surface area contributed by atoms with Gasteiger partial charge in [0, 0.05) is 13.1 Å². The van der Waals surface area contributed by atoms with Crippen molar-refractivity contribution in [2.75, 3.05) is 13.1 Å². The van der Waals surface area contributed by atoms with Crippen molar-refractivity contribution >= 4 is 12.1 Å². The number of piperidine rings is 1. The minimum atomic E-state index is -0.333. The standard InChI is InChI=1S/C14H18N2O/c1-12(17)14(13-5-3-2-4-6-13)7-9-16(11-15)10-8-14/h2-6,11,15H,7-10H2,1H3. The number of nitrogens with zero attached hydrogens (tertiary/aromatic N) is 1. The topological polar surface area (TPSA) is 44.2 Å². The first-order valence-electron chi connectivity index (χ1n) is 6.00. The molecule has 17 heavy (non-hydrogen) atoms. The SMILES string of the molecule is CC(=O)C1(c2ccccc2)CCN(C=N)CC1. The summed E-state index contributed by atoms with van der Waals surface area (Å²) in [6.45, 7) is 3.27. The summed E-state index contributed by atoms with van der Waals surface area (Å²) in [5, 5.41) is 7.25. The maximum atomic E-state index is 12.0. The number of likely N-dealkylation sites (tertiary alicyclic amines) is 1. The molecule has 3 nitrogen and oxygen atoms in total. The van der Waals surface area contributed by atoms with Gasteiger partial charge in [-0.25, -0.2) is 0 Å². The summed E-state index contributed by atoms with van der Waals surface area (Å²) in [6.07, 6.45) is 2.98. The molecule has 90 valence electrons. The Hall–Kier alpha value is -1.64. The number of carbonyl (C=O) groups excluding carboxylic acids is 1. The van der Waals surface area contributed by atoms with E-state index in [2.05, 4.69) is 0 Å². The van der Waals surface area contributed by atoms with Crippen LogP contribution in [0.3, 0.4) is 0 Å². The molecule has 0 aliphatic carbocycles. The third-order valence-corrected chi connectivity index (χ3v) is 3.83. The Balaban J connectivity index is 2.30. The van der Waals surface area contributed by atoms with E-state index < -0.39 is 0 Å². The predicted octanol–water partition coefficient (Wildman–Crippen LogP) is 2.22. The molecule has 1 aromatic carbocycles. The normalized spacial score (nSPS) is 18.8.